The van der Waals surface area contributed by atoms with Gasteiger partial charge in [0, 0.05) is 22.1 Å². The van der Waals surface area contributed by atoms with E-state index in [1.54, 1.807) is 14.2 Å². The Balaban J connectivity index is 1.56. The van der Waals surface area contributed by atoms with Crippen molar-refractivity contribution in [1.29, 1.82) is 0 Å². The number of H-pyrrole nitrogens is 1. The molecule has 180 valence electrons. The molecule has 2 aromatic heterocycles. The van der Waals surface area contributed by atoms with Crippen LogP contribution in [0.5, 0.6) is 11.5 Å². The van der Waals surface area contributed by atoms with E-state index in [0.717, 1.165) is 38.4 Å². The number of aromatic amines is 1. The van der Waals surface area contributed by atoms with Gasteiger partial charge < -0.3 is 14.8 Å². The zero-order chi connectivity index (χ0) is 25.1. The second-order valence-electron chi connectivity index (χ2n) is 8.12. The molecular weight excluding hydrogens is 520 g/mol. The molecule has 1 amide bonds. The molecule has 5 aromatic rings. The molecule has 2 heterocycles. The maximum absolute atomic E-state index is 13.5. The molecule has 2 N–H and O–H groups in total. The van der Waals surface area contributed by atoms with Gasteiger partial charge in [0.15, 0.2) is 5.65 Å². The van der Waals surface area contributed by atoms with Gasteiger partial charge in [-0.15, -0.1) is 0 Å². The number of carbonyl (C=O) groups is 1. The van der Waals surface area contributed by atoms with Gasteiger partial charge >= 0.3 is 0 Å². The minimum atomic E-state index is -0.215. The maximum atomic E-state index is 13.5. The monoisotopic (exact) mass is 542 g/mol. The Bertz CT molecular complexity index is 1510. The van der Waals surface area contributed by atoms with Crippen LogP contribution >= 0.6 is 15.9 Å². The Morgan fingerprint density at radius 1 is 0.889 bits per heavy atom. The molecule has 0 bridgehead atoms. The first-order valence-electron chi connectivity index (χ1n) is 11.3. The Hall–Kier alpha value is -4.17. The van der Waals surface area contributed by atoms with Crippen molar-refractivity contribution in [3.05, 3.63) is 94.5 Å². The van der Waals surface area contributed by atoms with E-state index in [1.165, 1.54) is 0 Å². The van der Waals surface area contributed by atoms with Gasteiger partial charge in [0.25, 0.3) is 5.91 Å². The van der Waals surface area contributed by atoms with Gasteiger partial charge in [-0.2, -0.15) is 5.10 Å². The van der Waals surface area contributed by atoms with Crippen molar-refractivity contribution in [2.75, 3.05) is 14.2 Å². The number of aromatic nitrogens is 3. The lowest BCUT2D eigenvalue weighted by Crippen LogP contribution is -2.23. The summed E-state index contributed by atoms with van der Waals surface area (Å²) >= 11 is 3.47. The molecule has 7 nitrogen and oxygen atoms in total. The van der Waals surface area contributed by atoms with Crippen LogP contribution in [0.4, 0.5) is 0 Å². The minimum absolute atomic E-state index is 0.215. The van der Waals surface area contributed by atoms with Gasteiger partial charge in [-0.05, 0) is 60.2 Å². The smallest absolute Gasteiger partial charge is 0.252 e. The Morgan fingerprint density at radius 3 is 2.14 bits per heavy atom. The summed E-state index contributed by atoms with van der Waals surface area (Å²) in [6, 6.07) is 24.8. The van der Waals surface area contributed by atoms with E-state index in [2.05, 4.69) is 31.4 Å². The normalized spacial score (nSPS) is 10.9. The molecule has 0 spiro atoms. The van der Waals surface area contributed by atoms with Crippen LogP contribution in [0, 0.1) is 0 Å². The molecule has 0 saturated heterocycles. The van der Waals surface area contributed by atoms with Gasteiger partial charge in [0.1, 0.15) is 11.5 Å². The minimum Gasteiger partial charge on any atom is -0.497 e. The third-order valence-corrected chi connectivity index (χ3v) is 6.43. The van der Waals surface area contributed by atoms with E-state index in [0.29, 0.717) is 28.8 Å². The van der Waals surface area contributed by atoms with E-state index in [9.17, 15) is 4.79 Å². The zero-order valence-corrected chi connectivity index (χ0v) is 21.3. The predicted octanol–water partition coefficient (Wildman–Crippen LogP) is 6.00. The van der Waals surface area contributed by atoms with Crippen molar-refractivity contribution in [2.45, 2.75) is 6.54 Å². The molecule has 5 rings (SSSR count). The molecule has 3 aromatic carbocycles. The fourth-order valence-corrected chi connectivity index (χ4v) is 4.22. The molecule has 0 saturated carbocycles. The SMILES string of the molecule is COc1ccc(CNC(=O)c2cc(-c3ccc(OC)cc3)nc3n[nH]c(-c4ccc(Br)cc4)c23)cc1. The average Bonchev–Trinajstić information content (AvgIpc) is 3.36. The number of nitrogens with one attached hydrogen (secondary N) is 2. The van der Waals surface area contributed by atoms with E-state index in [4.69, 9.17) is 14.5 Å². The topological polar surface area (TPSA) is 89.1 Å². The van der Waals surface area contributed by atoms with E-state index in [1.807, 2.05) is 78.9 Å². The number of benzene rings is 3. The third-order valence-electron chi connectivity index (χ3n) is 5.90. The third kappa shape index (κ3) is 4.81. The van der Waals surface area contributed by atoms with E-state index < -0.39 is 0 Å². The summed E-state index contributed by atoms with van der Waals surface area (Å²) in [6.07, 6.45) is 0. The van der Waals surface area contributed by atoms with Crippen LogP contribution < -0.4 is 14.8 Å². The molecule has 36 heavy (non-hydrogen) atoms. The molecule has 0 fully saturated rings. The van der Waals surface area contributed by atoms with Gasteiger partial charge in [-0.25, -0.2) is 4.98 Å². The van der Waals surface area contributed by atoms with E-state index in [-0.39, 0.29) is 5.91 Å². The number of amides is 1. The summed E-state index contributed by atoms with van der Waals surface area (Å²) in [7, 11) is 3.25. The maximum Gasteiger partial charge on any atom is 0.252 e. The number of nitrogens with zero attached hydrogens (tertiary/aromatic N) is 2. The second-order valence-corrected chi connectivity index (χ2v) is 9.03. The van der Waals surface area contributed by atoms with Gasteiger partial charge in [-0.3, -0.25) is 9.89 Å². The lowest BCUT2D eigenvalue weighted by Gasteiger charge is -2.11. The summed E-state index contributed by atoms with van der Waals surface area (Å²) in [4.78, 5) is 18.3. The highest BCUT2D eigenvalue weighted by Gasteiger charge is 2.20. The van der Waals surface area contributed by atoms with Crippen molar-refractivity contribution in [3.63, 3.8) is 0 Å². The first kappa shape index (κ1) is 23.6. The Kier molecular flexibility index (Phi) is 6.69. The molecular formula is C28H23BrN4O3. The van der Waals surface area contributed by atoms with Crippen LogP contribution in [-0.4, -0.2) is 35.3 Å². The molecule has 0 aliphatic carbocycles. The largest absolute Gasteiger partial charge is 0.497 e. The number of rotatable bonds is 7. The lowest BCUT2D eigenvalue weighted by molar-refractivity contribution is 0.0952. The number of hydrogen-bond acceptors (Lipinski definition) is 5. The number of pyridine rings is 1. The van der Waals surface area contributed by atoms with Crippen LogP contribution in [0.15, 0.2) is 83.3 Å². The Morgan fingerprint density at radius 2 is 1.50 bits per heavy atom. The molecule has 8 heteroatoms. The highest BCUT2D eigenvalue weighted by atomic mass is 79.9. The van der Waals surface area contributed by atoms with Gasteiger partial charge in [-0.1, -0.05) is 40.2 Å². The number of ether oxygens (including phenoxy) is 2. The number of hydrogen-bond donors (Lipinski definition) is 2. The quantitative estimate of drug-likeness (QED) is 0.263. The standard InChI is InChI=1S/C28H23BrN4O3/c1-35-21-11-3-17(4-12-21)16-30-28(34)23-15-24(18-7-13-22(36-2)14-8-18)31-27-25(23)26(32-33-27)19-5-9-20(29)10-6-19/h3-15H,16H2,1-2H3,(H,30,34)(H,31,32,33). The fraction of sp³-hybridized carbons (Fsp3) is 0.107. The number of halogens is 1. The molecule has 0 aliphatic rings. The molecule has 0 radical (unpaired) electrons. The second kappa shape index (κ2) is 10.2. The van der Waals surface area contributed by atoms with Gasteiger partial charge in [0.05, 0.1) is 36.6 Å². The summed E-state index contributed by atoms with van der Waals surface area (Å²) in [6.45, 7) is 0.371. The van der Waals surface area contributed by atoms with E-state index >= 15 is 0 Å². The number of fused-ring (bicyclic) bond motifs is 1. The summed E-state index contributed by atoms with van der Waals surface area (Å²) < 4.78 is 11.5. The van der Waals surface area contributed by atoms with Crippen LogP contribution in [0.1, 0.15) is 15.9 Å². The van der Waals surface area contributed by atoms with Crippen molar-refractivity contribution >= 4 is 32.9 Å². The van der Waals surface area contributed by atoms with Crippen molar-refractivity contribution in [3.8, 4) is 34.0 Å². The van der Waals surface area contributed by atoms with Crippen LogP contribution in [0.3, 0.4) is 0 Å². The van der Waals surface area contributed by atoms with Crippen LogP contribution in [-0.2, 0) is 6.54 Å². The highest BCUT2D eigenvalue weighted by Crippen LogP contribution is 2.32. The zero-order valence-electron chi connectivity index (χ0n) is 19.7. The summed E-state index contributed by atoms with van der Waals surface area (Å²) in [5.74, 6) is 1.30. The number of carbonyl (C=O) groups excluding carboxylic acids is 1. The lowest BCUT2D eigenvalue weighted by atomic mass is 10.0. The van der Waals surface area contributed by atoms with Gasteiger partial charge in [0.2, 0.25) is 0 Å². The number of methoxy groups -OCH3 is 2. The van der Waals surface area contributed by atoms with Crippen molar-refractivity contribution in [1.82, 2.24) is 20.5 Å². The highest BCUT2D eigenvalue weighted by molar-refractivity contribution is 9.10. The van der Waals surface area contributed by atoms with Crippen molar-refractivity contribution in [2.24, 2.45) is 0 Å². The first-order valence-corrected chi connectivity index (χ1v) is 12.1. The first-order chi connectivity index (χ1) is 17.6. The Labute approximate surface area is 216 Å². The van der Waals surface area contributed by atoms with Crippen LogP contribution in [0.2, 0.25) is 0 Å². The molecule has 0 atom stereocenters. The summed E-state index contributed by atoms with van der Waals surface area (Å²) in [5, 5.41) is 11.2. The fourth-order valence-electron chi connectivity index (χ4n) is 3.96. The molecule has 0 unspecified atom stereocenters. The molecule has 0 aliphatic heterocycles. The van der Waals surface area contributed by atoms with Crippen molar-refractivity contribution < 1.29 is 14.3 Å². The predicted molar refractivity (Wildman–Crippen MR) is 143 cm³/mol. The average molecular weight is 543 g/mol. The summed E-state index contributed by atoms with van der Waals surface area (Å²) in [5.41, 5.74) is 5.07. The van der Waals surface area contributed by atoms with Crippen LogP contribution in [0.25, 0.3) is 33.5 Å².